The van der Waals surface area contributed by atoms with Crippen LogP contribution < -0.4 is 10.6 Å². The number of piperazine rings is 1. The van der Waals surface area contributed by atoms with Crippen molar-refractivity contribution in [2.24, 2.45) is 7.05 Å². The maximum absolute atomic E-state index is 7.73. The van der Waals surface area contributed by atoms with Gasteiger partial charge >= 0.3 is 0 Å². The number of hydrogen-bond donors (Lipinski definition) is 3. The number of nitrogens with one attached hydrogen (secondary N) is 3. The Kier molecular flexibility index (Phi) is 7.62. The zero-order valence-corrected chi connectivity index (χ0v) is 23.9. The summed E-state index contributed by atoms with van der Waals surface area (Å²) in [6.45, 7) is 6.29. The first kappa shape index (κ1) is 26.9. The molecule has 4 aromatic rings. The highest BCUT2D eigenvalue weighted by Gasteiger charge is 2.27. The highest BCUT2D eigenvalue weighted by Crippen LogP contribution is 2.39. The molecule has 0 bridgehead atoms. The average molecular weight is 552 g/mol. The highest BCUT2D eigenvalue weighted by molar-refractivity contribution is 6.08. The fourth-order valence-electron chi connectivity index (χ4n) is 5.62. The molecule has 3 aromatic heterocycles. The van der Waals surface area contributed by atoms with E-state index in [1.54, 1.807) is 0 Å². The minimum absolute atomic E-state index is 0.527. The zero-order chi connectivity index (χ0) is 28.3. The summed E-state index contributed by atoms with van der Waals surface area (Å²) in [4.78, 5) is 14.5. The summed E-state index contributed by atoms with van der Waals surface area (Å²) in [7, 11) is 6.00. The second kappa shape index (κ2) is 11.6. The quantitative estimate of drug-likeness (QED) is 0.272. The second-order valence-corrected chi connectivity index (χ2v) is 10.7. The van der Waals surface area contributed by atoms with E-state index in [-0.39, 0.29) is 0 Å². The van der Waals surface area contributed by atoms with Gasteiger partial charge in [0.15, 0.2) is 5.82 Å². The first-order chi connectivity index (χ1) is 20.0. The summed E-state index contributed by atoms with van der Waals surface area (Å²) in [6.07, 6.45) is 8.83. The molecule has 0 atom stereocenters. The molecule has 41 heavy (non-hydrogen) atoms. The molecular weight excluding hydrogens is 514 g/mol. The number of anilines is 2. The lowest BCUT2D eigenvalue weighted by Crippen LogP contribution is -2.45. The Hall–Kier alpha value is -4.35. The van der Waals surface area contributed by atoms with Crippen LogP contribution in [0.15, 0.2) is 48.9 Å². The molecule has 1 aromatic carbocycles. The van der Waals surface area contributed by atoms with Crippen LogP contribution in [0.2, 0.25) is 0 Å². The molecule has 1 fully saturated rings. The SMILES string of the molecule is CN/C=C(\C=N)c1ccc(-c2c3c(nn2C)CCc2cnc(Nc4ccn(CCN5CCN(C)CC5)n4)nc2-3)cc1. The van der Waals surface area contributed by atoms with Crippen molar-refractivity contribution >= 4 is 23.6 Å². The fraction of sp³-hybridized carbons (Fsp3) is 0.367. The minimum Gasteiger partial charge on any atom is -0.393 e. The van der Waals surface area contributed by atoms with Crippen molar-refractivity contribution in [2.75, 3.05) is 52.1 Å². The largest absolute Gasteiger partial charge is 0.393 e. The maximum atomic E-state index is 7.73. The fourth-order valence-corrected chi connectivity index (χ4v) is 5.62. The van der Waals surface area contributed by atoms with E-state index in [4.69, 9.17) is 20.6 Å². The summed E-state index contributed by atoms with van der Waals surface area (Å²) in [6, 6.07) is 10.2. The van der Waals surface area contributed by atoms with E-state index in [1.165, 1.54) is 6.21 Å². The molecule has 2 aliphatic rings. The van der Waals surface area contributed by atoms with Crippen LogP contribution in [0.5, 0.6) is 0 Å². The molecule has 6 rings (SSSR count). The molecule has 212 valence electrons. The van der Waals surface area contributed by atoms with Crippen LogP contribution in [0.1, 0.15) is 16.8 Å². The Morgan fingerprint density at radius 2 is 1.80 bits per heavy atom. The molecule has 0 unspecified atom stereocenters. The molecule has 4 heterocycles. The van der Waals surface area contributed by atoms with Gasteiger partial charge in [0.2, 0.25) is 5.95 Å². The van der Waals surface area contributed by atoms with Crippen molar-refractivity contribution in [1.82, 2.24) is 44.6 Å². The maximum Gasteiger partial charge on any atom is 0.228 e. The van der Waals surface area contributed by atoms with Crippen molar-refractivity contribution < 1.29 is 0 Å². The number of nitrogens with zero attached hydrogens (tertiary/aromatic N) is 8. The van der Waals surface area contributed by atoms with Gasteiger partial charge in [0, 0.05) is 94.4 Å². The topological polar surface area (TPSA) is 116 Å². The summed E-state index contributed by atoms with van der Waals surface area (Å²) in [5.74, 6) is 1.26. The number of hydrogen-bond acceptors (Lipinski definition) is 9. The normalized spacial score (nSPS) is 15.8. The van der Waals surface area contributed by atoms with Crippen molar-refractivity contribution in [3.05, 3.63) is 65.7 Å². The van der Waals surface area contributed by atoms with E-state index in [9.17, 15) is 0 Å². The Morgan fingerprint density at radius 1 is 1.00 bits per heavy atom. The first-order valence-corrected chi connectivity index (χ1v) is 14.1. The molecule has 0 amide bonds. The lowest BCUT2D eigenvalue weighted by molar-refractivity contribution is 0.149. The van der Waals surface area contributed by atoms with Gasteiger partial charge in [-0.25, -0.2) is 9.97 Å². The third kappa shape index (κ3) is 5.63. The molecule has 11 heteroatoms. The van der Waals surface area contributed by atoms with Gasteiger partial charge in [-0.05, 0) is 31.0 Å². The third-order valence-electron chi connectivity index (χ3n) is 7.92. The number of allylic oxidation sites excluding steroid dienone is 1. The number of likely N-dealkylation sites (N-methyl/N-ethyl adjacent to an activating group) is 1. The van der Waals surface area contributed by atoms with Crippen molar-refractivity contribution in [1.29, 1.82) is 5.41 Å². The van der Waals surface area contributed by atoms with Crippen LogP contribution >= 0.6 is 0 Å². The van der Waals surface area contributed by atoms with E-state index in [1.807, 2.05) is 60.3 Å². The minimum atomic E-state index is 0.527. The summed E-state index contributed by atoms with van der Waals surface area (Å²) >= 11 is 0. The summed E-state index contributed by atoms with van der Waals surface area (Å²) in [5.41, 5.74) is 8.02. The van der Waals surface area contributed by atoms with Gasteiger partial charge in [0.1, 0.15) is 0 Å². The molecule has 3 N–H and O–H groups in total. The zero-order valence-electron chi connectivity index (χ0n) is 23.9. The standard InChI is InChI=1S/C30H37N11/c1-32-19-24(18-31)21-4-6-22(7-5-21)29-27-25(36-39(29)3)9-8-23-20-33-30(35-28(23)27)34-26-10-11-41(37-26)17-16-40-14-12-38(2)13-15-40/h4-7,10-11,18-20,31-32H,8-9,12-17H2,1-3H3,(H,33,34,35,37)/b24-19+,31-18?. The van der Waals surface area contributed by atoms with Crippen LogP contribution in [0, 0.1) is 5.41 Å². The molecule has 1 aliphatic carbocycles. The van der Waals surface area contributed by atoms with Gasteiger partial charge in [-0.1, -0.05) is 24.3 Å². The van der Waals surface area contributed by atoms with Crippen LogP contribution in [0.3, 0.4) is 0 Å². The first-order valence-electron chi connectivity index (χ1n) is 14.1. The van der Waals surface area contributed by atoms with E-state index >= 15 is 0 Å². The Bertz CT molecular complexity index is 1560. The van der Waals surface area contributed by atoms with Crippen LogP contribution in [-0.4, -0.2) is 92.4 Å². The van der Waals surface area contributed by atoms with E-state index in [2.05, 4.69) is 44.6 Å². The van der Waals surface area contributed by atoms with Crippen LogP contribution in [0.25, 0.3) is 28.1 Å². The highest BCUT2D eigenvalue weighted by atomic mass is 15.3. The van der Waals surface area contributed by atoms with Crippen molar-refractivity contribution in [2.45, 2.75) is 19.4 Å². The van der Waals surface area contributed by atoms with Crippen molar-refractivity contribution in [3.63, 3.8) is 0 Å². The van der Waals surface area contributed by atoms with Gasteiger partial charge in [-0.15, -0.1) is 0 Å². The Labute approximate surface area is 240 Å². The lowest BCUT2D eigenvalue weighted by Gasteiger charge is -2.32. The predicted octanol–water partition coefficient (Wildman–Crippen LogP) is 3.04. The van der Waals surface area contributed by atoms with Crippen molar-refractivity contribution in [3.8, 4) is 22.5 Å². The van der Waals surface area contributed by atoms with Gasteiger partial charge in [-0.3, -0.25) is 14.3 Å². The second-order valence-electron chi connectivity index (χ2n) is 10.7. The number of benzene rings is 1. The number of fused-ring (bicyclic) bond motifs is 3. The van der Waals surface area contributed by atoms with E-state index in [0.717, 1.165) is 103 Å². The average Bonchev–Trinajstić information content (AvgIpc) is 3.59. The molecule has 1 aliphatic heterocycles. The van der Waals surface area contributed by atoms with Gasteiger partial charge in [-0.2, -0.15) is 10.2 Å². The monoisotopic (exact) mass is 551 g/mol. The molecule has 0 spiro atoms. The van der Waals surface area contributed by atoms with Gasteiger partial charge in [0.25, 0.3) is 0 Å². The van der Waals surface area contributed by atoms with E-state index in [0.29, 0.717) is 5.95 Å². The van der Waals surface area contributed by atoms with Crippen LogP contribution in [-0.2, 0) is 26.4 Å². The summed E-state index contributed by atoms with van der Waals surface area (Å²) in [5, 5.41) is 23.6. The molecular formula is C30H37N11. The van der Waals surface area contributed by atoms with Crippen LogP contribution in [0.4, 0.5) is 11.8 Å². The molecule has 1 saturated heterocycles. The molecule has 0 saturated carbocycles. The number of rotatable bonds is 9. The molecule has 0 radical (unpaired) electrons. The lowest BCUT2D eigenvalue weighted by atomic mass is 9.91. The number of aromatic nitrogens is 6. The Morgan fingerprint density at radius 3 is 2.56 bits per heavy atom. The van der Waals surface area contributed by atoms with Gasteiger partial charge < -0.3 is 20.9 Å². The molecule has 11 nitrogen and oxygen atoms in total. The smallest absolute Gasteiger partial charge is 0.228 e. The van der Waals surface area contributed by atoms with Gasteiger partial charge in [0.05, 0.1) is 23.6 Å². The number of aryl methyl sites for hydroxylation is 3. The predicted molar refractivity (Wildman–Crippen MR) is 162 cm³/mol. The van der Waals surface area contributed by atoms with E-state index < -0.39 is 0 Å². The summed E-state index contributed by atoms with van der Waals surface area (Å²) < 4.78 is 3.93. The third-order valence-corrected chi connectivity index (χ3v) is 7.92. The Balaban J connectivity index is 1.22.